The van der Waals surface area contributed by atoms with Gasteiger partial charge in [-0.25, -0.2) is 0 Å². The summed E-state index contributed by atoms with van der Waals surface area (Å²) in [6.07, 6.45) is 8.10. The van der Waals surface area contributed by atoms with Crippen LogP contribution in [0.25, 0.3) is 11.1 Å². The molecule has 0 bridgehead atoms. The Morgan fingerprint density at radius 3 is 1.49 bits per heavy atom. The second kappa shape index (κ2) is 12.0. The molecule has 5 aromatic rings. The van der Waals surface area contributed by atoms with Crippen molar-refractivity contribution in [3.05, 3.63) is 157 Å². The second-order valence-electron chi connectivity index (χ2n) is 8.17. The quantitative estimate of drug-likeness (QED) is 0.0875. The Morgan fingerprint density at radius 2 is 0.971 bits per heavy atom. The van der Waals surface area contributed by atoms with Gasteiger partial charge in [0, 0.05) is 0 Å². The number of fused-ring (bicyclic) bond motifs is 3. The zero-order valence-electron chi connectivity index (χ0n) is 19.2. The van der Waals surface area contributed by atoms with Gasteiger partial charge in [0.25, 0.3) is 0 Å². The van der Waals surface area contributed by atoms with Gasteiger partial charge < -0.3 is 6.42 Å². The first-order valence-corrected chi connectivity index (χ1v) is 12.8. The van der Waals surface area contributed by atoms with Gasteiger partial charge in [-0.15, -0.1) is 17.7 Å². The van der Waals surface area contributed by atoms with Crippen LogP contribution in [0.2, 0.25) is 0 Å². The third kappa shape index (κ3) is 5.74. The summed E-state index contributed by atoms with van der Waals surface area (Å²) >= 11 is 0. The average molecular weight is 648 g/mol. The molecule has 0 N–H and O–H groups in total. The molecule has 5 aromatic carbocycles. The van der Waals surface area contributed by atoms with E-state index in [1.54, 1.807) is 0 Å². The van der Waals surface area contributed by atoms with E-state index in [1.165, 1.54) is 38.2 Å². The van der Waals surface area contributed by atoms with Crippen molar-refractivity contribution in [1.29, 1.82) is 0 Å². The van der Waals surface area contributed by atoms with Gasteiger partial charge in [0.1, 0.15) is 0 Å². The molecule has 2 heteroatoms. The predicted octanol–water partition coefficient (Wildman–Crippen LogP) is 6.64. The minimum atomic E-state index is -0.446. The number of benzene rings is 5. The van der Waals surface area contributed by atoms with Crippen molar-refractivity contribution in [3.63, 3.8) is 0 Å². The normalized spacial score (nSPS) is 10.7. The van der Waals surface area contributed by atoms with Crippen LogP contribution in [0.3, 0.4) is 0 Å². The van der Waals surface area contributed by atoms with Crippen molar-refractivity contribution in [3.8, 4) is 17.0 Å². The molecule has 0 aliphatic heterocycles. The van der Waals surface area contributed by atoms with E-state index in [4.69, 9.17) is 6.42 Å². The van der Waals surface area contributed by atoms with Crippen molar-refractivity contribution in [1.82, 2.24) is 0 Å². The average Bonchev–Trinajstić information content (AvgIpc) is 3.29. The maximum atomic E-state index is 7.12. The van der Waals surface area contributed by atoms with Crippen LogP contribution < -0.4 is 15.9 Å². The van der Waals surface area contributed by atoms with Crippen LogP contribution in [-0.2, 0) is 28.8 Å². The zero-order valence-corrected chi connectivity index (χ0v) is 22.2. The molecule has 0 saturated heterocycles. The molecular weight excluding hydrogens is 624 g/mol. The van der Waals surface area contributed by atoms with Crippen LogP contribution in [0.15, 0.2) is 133 Å². The van der Waals surface area contributed by atoms with Crippen molar-refractivity contribution < 1.29 is 22.4 Å². The molecule has 0 unspecified atom stereocenters. The molecule has 0 heterocycles. The van der Waals surface area contributed by atoms with Gasteiger partial charge in [-0.3, -0.25) is 5.92 Å². The topological polar surface area (TPSA) is 0 Å². The van der Waals surface area contributed by atoms with Gasteiger partial charge in [0.05, 0.1) is 0 Å². The molecular formula is C33H24AuP. The van der Waals surface area contributed by atoms with E-state index in [2.05, 4.69) is 133 Å². The van der Waals surface area contributed by atoms with E-state index < -0.39 is 7.92 Å². The second-order valence-corrected chi connectivity index (χ2v) is 10.4. The Morgan fingerprint density at radius 1 is 0.514 bits per heavy atom. The van der Waals surface area contributed by atoms with E-state index in [1.807, 2.05) is 6.07 Å². The summed E-state index contributed by atoms with van der Waals surface area (Å²) in [5.74, 6) is 2.43. The molecule has 35 heavy (non-hydrogen) atoms. The fourth-order valence-electron chi connectivity index (χ4n) is 4.40. The first-order chi connectivity index (χ1) is 16.8. The van der Waals surface area contributed by atoms with Crippen molar-refractivity contribution in [2.75, 3.05) is 0 Å². The first kappa shape index (κ1) is 24.9. The predicted molar refractivity (Wildman–Crippen MR) is 146 cm³/mol. The summed E-state index contributed by atoms with van der Waals surface area (Å²) in [5, 5.41) is 4.19. The summed E-state index contributed by atoms with van der Waals surface area (Å²) < 4.78 is 0. The first-order valence-electron chi connectivity index (χ1n) is 11.4. The molecule has 0 amide bonds. The number of hydrogen-bond acceptors (Lipinski definition) is 0. The molecule has 0 atom stereocenters. The summed E-state index contributed by atoms with van der Waals surface area (Å²) in [7, 11) is -0.446. The van der Waals surface area contributed by atoms with Crippen LogP contribution >= 0.6 is 7.92 Å². The van der Waals surface area contributed by atoms with E-state index in [-0.39, 0.29) is 22.4 Å². The van der Waals surface area contributed by atoms with Gasteiger partial charge in [-0.05, 0) is 46.9 Å². The maximum Gasteiger partial charge on any atom is 1.00 e. The molecule has 172 valence electrons. The Hall–Kier alpha value is -3.17. The SMILES string of the molecule is [Au+].[C-]#Cc1ccc2c(c1)Cc1ccccc1-2.c1ccc(P(c2ccccc2)c2ccccc2)cc1. The molecule has 0 spiro atoms. The van der Waals surface area contributed by atoms with Gasteiger partial charge in [0.15, 0.2) is 0 Å². The monoisotopic (exact) mass is 648 g/mol. The number of hydrogen-bond donors (Lipinski definition) is 0. The zero-order chi connectivity index (χ0) is 23.2. The minimum Gasteiger partial charge on any atom is -0.366 e. The van der Waals surface area contributed by atoms with E-state index in [0.29, 0.717) is 0 Å². The van der Waals surface area contributed by atoms with Crippen LogP contribution in [0, 0.1) is 12.3 Å². The molecule has 1 aliphatic carbocycles. The fourth-order valence-corrected chi connectivity index (χ4v) is 6.71. The molecule has 0 nitrogen and oxygen atoms in total. The Bertz CT molecular complexity index is 1330. The molecule has 6 rings (SSSR count). The standard InChI is InChI=1S/C18H15P.C15H9.Au/c1-4-10-16(11-5-1)19(17-12-6-2-7-13-17)18-14-8-3-9-15-18;1-2-11-7-8-15-13(9-11)10-12-5-3-4-6-14(12)15;/h1-15H;3-9H,10H2;/q;-1;+1. The largest absolute Gasteiger partial charge is 1.00 e. The molecule has 0 fully saturated rings. The third-order valence-corrected chi connectivity index (χ3v) is 8.42. The minimum absolute atomic E-state index is 0. The summed E-state index contributed by atoms with van der Waals surface area (Å²) in [4.78, 5) is 0. The summed E-state index contributed by atoms with van der Waals surface area (Å²) in [6, 6.07) is 46.9. The van der Waals surface area contributed by atoms with Crippen molar-refractivity contribution >= 4 is 23.8 Å². The van der Waals surface area contributed by atoms with Gasteiger partial charge in [-0.2, -0.15) is 0 Å². The van der Waals surface area contributed by atoms with Crippen molar-refractivity contribution in [2.24, 2.45) is 0 Å². The maximum absolute atomic E-state index is 7.12. The molecule has 0 radical (unpaired) electrons. The van der Waals surface area contributed by atoms with Crippen LogP contribution in [0.5, 0.6) is 0 Å². The van der Waals surface area contributed by atoms with E-state index in [0.717, 1.165) is 12.0 Å². The fraction of sp³-hybridized carbons (Fsp3) is 0.0303. The molecule has 1 aliphatic rings. The van der Waals surface area contributed by atoms with Gasteiger partial charge in [0.2, 0.25) is 0 Å². The summed E-state index contributed by atoms with van der Waals surface area (Å²) in [5.41, 5.74) is 6.21. The molecule has 0 saturated carbocycles. The van der Waals surface area contributed by atoms with Gasteiger partial charge >= 0.3 is 22.4 Å². The Balaban J connectivity index is 0.000000164. The van der Waals surface area contributed by atoms with Gasteiger partial charge in [-0.1, -0.05) is 127 Å². The Labute approximate surface area is 225 Å². The third-order valence-electron chi connectivity index (χ3n) is 5.98. The van der Waals surface area contributed by atoms with E-state index in [9.17, 15) is 0 Å². The van der Waals surface area contributed by atoms with Crippen LogP contribution in [0.4, 0.5) is 0 Å². The van der Waals surface area contributed by atoms with E-state index >= 15 is 0 Å². The number of rotatable bonds is 3. The summed E-state index contributed by atoms with van der Waals surface area (Å²) in [6.45, 7) is 0. The molecule has 0 aromatic heterocycles. The van der Waals surface area contributed by atoms with Crippen LogP contribution in [-0.4, -0.2) is 0 Å². The Kier molecular flexibility index (Phi) is 8.54. The smallest absolute Gasteiger partial charge is 0.366 e. The van der Waals surface area contributed by atoms with Crippen LogP contribution in [0.1, 0.15) is 16.7 Å². The van der Waals surface area contributed by atoms with Crippen molar-refractivity contribution in [2.45, 2.75) is 6.42 Å².